The number of likely N-dealkylation sites (tertiary alicyclic amines) is 2. The first kappa shape index (κ1) is 15.0. The third kappa shape index (κ3) is 2.49. The van der Waals surface area contributed by atoms with E-state index in [9.17, 15) is 14.0 Å². The molecule has 0 saturated carbocycles. The lowest BCUT2D eigenvalue weighted by Gasteiger charge is -2.38. The van der Waals surface area contributed by atoms with Crippen molar-refractivity contribution in [2.24, 2.45) is 5.41 Å². The molecule has 5 heteroatoms. The van der Waals surface area contributed by atoms with E-state index in [0.29, 0.717) is 18.7 Å². The van der Waals surface area contributed by atoms with Crippen LogP contribution in [-0.4, -0.2) is 47.8 Å². The third-order valence-electron chi connectivity index (χ3n) is 5.08. The van der Waals surface area contributed by atoms with Crippen molar-refractivity contribution < 1.29 is 14.0 Å². The number of rotatable bonds is 2. The van der Waals surface area contributed by atoms with Gasteiger partial charge in [0.15, 0.2) is 0 Å². The van der Waals surface area contributed by atoms with E-state index in [-0.39, 0.29) is 23.0 Å². The smallest absolute Gasteiger partial charge is 0.253 e. The van der Waals surface area contributed by atoms with Crippen LogP contribution in [-0.2, 0) is 4.79 Å². The lowest BCUT2D eigenvalue weighted by Crippen LogP contribution is -2.46. The van der Waals surface area contributed by atoms with E-state index in [1.54, 1.807) is 4.90 Å². The Labute approximate surface area is 129 Å². The fraction of sp³-hybridized carbons (Fsp3) is 0.529. The van der Waals surface area contributed by atoms with E-state index in [0.717, 1.165) is 32.4 Å². The molecular weight excluding hydrogens is 283 g/mol. The topological polar surface area (TPSA) is 40.6 Å². The number of hydrogen-bond donors (Lipinski definition) is 0. The fourth-order valence-corrected chi connectivity index (χ4v) is 3.57. The Bertz CT molecular complexity index is 577. The summed E-state index contributed by atoms with van der Waals surface area (Å²) < 4.78 is 12.9. The van der Waals surface area contributed by atoms with Crippen LogP contribution in [0.4, 0.5) is 4.39 Å². The van der Waals surface area contributed by atoms with Crippen LogP contribution in [0.15, 0.2) is 24.3 Å². The number of benzene rings is 1. The van der Waals surface area contributed by atoms with Gasteiger partial charge in [-0.3, -0.25) is 9.59 Å². The van der Waals surface area contributed by atoms with Crippen molar-refractivity contribution in [3.63, 3.8) is 0 Å². The second-order valence-electron chi connectivity index (χ2n) is 6.21. The van der Waals surface area contributed by atoms with E-state index in [2.05, 4.69) is 0 Å². The van der Waals surface area contributed by atoms with Gasteiger partial charge in [-0.15, -0.1) is 0 Å². The number of carbonyl (C=O) groups excluding carboxylic acids is 2. The molecule has 22 heavy (non-hydrogen) atoms. The van der Waals surface area contributed by atoms with Gasteiger partial charge < -0.3 is 9.80 Å². The lowest BCUT2D eigenvalue weighted by atomic mass is 9.77. The van der Waals surface area contributed by atoms with Crippen LogP contribution < -0.4 is 0 Å². The minimum atomic E-state index is -0.342. The Morgan fingerprint density at radius 3 is 2.27 bits per heavy atom. The Hall–Kier alpha value is -1.91. The average molecular weight is 304 g/mol. The highest BCUT2D eigenvalue weighted by Gasteiger charge is 2.48. The Morgan fingerprint density at radius 2 is 1.73 bits per heavy atom. The first-order valence-electron chi connectivity index (χ1n) is 7.90. The zero-order valence-corrected chi connectivity index (χ0v) is 12.8. The first-order chi connectivity index (χ1) is 10.6. The monoisotopic (exact) mass is 304 g/mol. The molecule has 0 atom stereocenters. The molecular formula is C17H21FN2O2. The van der Waals surface area contributed by atoms with Crippen LogP contribution in [0, 0.1) is 11.2 Å². The zero-order valence-electron chi connectivity index (χ0n) is 12.8. The number of halogens is 1. The van der Waals surface area contributed by atoms with Crippen LogP contribution in [0.2, 0.25) is 0 Å². The van der Waals surface area contributed by atoms with E-state index in [4.69, 9.17) is 0 Å². The largest absolute Gasteiger partial charge is 0.342 e. The molecule has 0 radical (unpaired) electrons. The van der Waals surface area contributed by atoms with Crippen molar-refractivity contribution in [2.75, 3.05) is 26.2 Å². The number of hydrogen-bond acceptors (Lipinski definition) is 2. The number of amides is 2. The molecule has 1 aromatic carbocycles. The minimum absolute atomic E-state index is 0.0763. The Kier molecular flexibility index (Phi) is 3.89. The van der Waals surface area contributed by atoms with E-state index >= 15 is 0 Å². The van der Waals surface area contributed by atoms with Crippen LogP contribution >= 0.6 is 0 Å². The first-order valence-corrected chi connectivity index (χ1v) is 7.90. The van der Waals surface area contributed by atoms with Crippen molar-refractivity contribution in [3.8, 4) is 0 Å². The van der Waals surface area contributed by atoms with Crippen LogP contribution in [0.5, 0.6) is 0 Å². The molecule has 0 aliphatic carbocycles. The van der Waals surface area contributed by atoms with Crippen LogP contribution in [0.25, 0.3) is 0 Å². The summed E-state index contributed by atoms with van der Waals surface area (Å²) in [6.07, 6.45) is 2.36. The molecule has 4 nitrogen and oxygen atoms in total. The maximum absolute atomic E-state index is 12.9. The molecule has 0 unspecified atom stereocenters. The van der Waals surface area contributed by atoms with E-state index in [1.165, 1.54) is 24.3 Å². The highest BCUT2D eigenvalue weighted by molar-refractivity contribution is 5.94. The molecule has 2 saturated heterocycles. The molecule has 1 aromatic rings. The second kappa shape index (κ2) is 5.71. The third-order valence-corrected chi connectivity index (χ3v) is 5.08. The zero-order chi connectivity index (χ0) is 15.7. The molecule has 3 rings (SSSR count). The second-order valence-corrected chi connectivity index (χ2v) is 6.21. The Morgan fingerprint density at radius 1 is 1.14 bits per heavy atom. The predicted octanol–water partition coefficient (Wildman–Crippen LogP) is 2.30. The van der Waals surface area contributed by atoms with E-state index in [1.807, 2.05) is 11.8 Å². The van der Waals surface area contributed by atoms with E-state index < -0.39 is 0 Å². The van der Waals surface area contributed by atoms with Gasteiger partial charge in [0.2, 0.25) is 5.91 Å². The summed E-state index contributed by atoms with van der Waals surface area (Å²) >= 11 is 0. The summed E-state index contributed by atoms with van der Waals surface area (Å²) in [6, 6.07) is 5.64. The molecule has 2 heterocycles. The average Bonchev–Trinajstić information content (AvgIpc) is 2.85. The van der Waals surface area contributed by atoms with Crippen LogP contribution in [0.3, 0.4) is 0 Å². The summed E-state index contributed by atoms with van der Waals surface area (Å²) in [6.45, 7) is 4.79. The lowest BCUT2D eigenvalue weighted by molar-refractivity contribution is -0.137. The van der Waals surface area contributed by atoms with Crippen molar-refractivity contribution in [3.05, 3.63) is 35.6 Å². The van der Waals surface area contributed by atoms with Crippen molar-refractivity contribution >= 4 is 11.8 Å². The maximum atomic E-state index is 12.9. The summed E-state index contributed by atoms with van der Waals surface area (Å²) in [4.78, 5) is 28.6. The molecule has 1 spiro atoms. The SMILES string of the molecule is CCN1CCC2(CCN(C(=O)c3ccc(F)cc3)CC2)C1=O. The van der Waals surface area contributed by atoms with Gasteiger partial charge in [0, 0.05) is 31.7 Å². The van der Waals surface area contributed by atoms with Gasteiger partial charge in [0.1, 0.15) is 5.82 Å². The van der Waals surface area contributed by atoms with Crippen molar-refractivity contribution in [2.45, 2.75) is 26.2 Å². The fourth-order valence-electron chi connectivity index (χ4n) is 3.57. The normalized spacial score (nSPS) is 20.7. The molecule has 2 aliphatic rings. The van der Waals surface area contributed by atoms with Gasteiger partial charge in [0.05, 0.1) is 5.41 Å². The van der Waals surface area contributed by atoms with Crippen molar-refractivity contribution in [1.82, 2.24) is 9.80 Å². The quantitative estimate of drug-likeness (QED) is 0.841. The number of nitrogens with zero attached hydrogens (tertiary/aromatic N) is 2. The molecule has 118 valence electrons. The van der Waals surface area contributed by atoms with Gasteiger partial charge in [0.25, 0.3) is 5.91 Å². The van der Waals surface area contributed by atoms with Gasteiger partial charge >= 0.3 is 0 Å². The van der Waals surface area contributed by atoms with Gasteiger partial charge in [-0.05, 0) is 50.5 Å². The van der Waals surface area contributed by atoms with Gasteiger partial charge in [-0.2, -0.15) is 0 Å². The summed E-state index contributed by atoms with van der Waals surface area (Å²) in [5, 5.41) is 0. The number of piperidine rings is 1. The van der Waals surface area contributed by atoms with Gasteiger partial charge in [-0.25, -0.2) is 4.39 Å². The molecule has 0 N–H and O–H groups in total. The van der Waals surface area contributed by atoms with Gasteiger partial charge in [-0.1, -0.05) is 0 Å². The van der Waals surface area contributed by atoms with Crippen LogP contribution in [0.1, 0.15) is 36.5 Å². The standard InChI is InChI=1S/C17H21FN2O2/c1-2-19-10-7-17(16(19)22)8-11-20(12-9-17)15(21)13-3-5-14(18)6-4-13/h3-6H,2,7-12H2,1H3. The maximum Gasteiger partial charge on any atom is 0.253 e. The Balaban J connectivity index is 1.66. The molecule has 2 aliphatic heterocycles. The molecule has 0 bridgehead atoms. The summed E-state index contributed by atoms with van der Waals surface area (Å²) in [5.74, 6) is -0.165. The molecule has 2 amide bonds. The summed E-state index contributed by atoms with van der Waals surface area (Å²) in [5.41, 5.74) is 0.251. The molecule has 0 aromatic heterocycles. The molecule has 2 fully saturated rings. The highest BCUT2D eigenvalue weighted by atomic mass is 19.1. The highest BCUT2D eigenvalue weighted by Crippen LogP contribution is 2.41. The number of carbonyl (C=O) groups is 2. The van der Waals surface area contributed by atoms with Crippen molar-refractivity contribution in [1.29, 1.82) is 0 Å². The summed E-state index contributed by atoms with van der Waals surface area (Å²) in [7, 11) is 0. The minimum Gasteiger partial charge on any atom is -0.342 e. The predicted molar refractivity (Wildman–Crippen MR) is 80.8 cm³/mol.